The van der Waals surface area contributed by atoms with Crippen LogP contribution in [0.4, 0.5) is 10.1 Å². The van der Waals surface area contributed by atoms with Gasteiger partial charge in [-0.25, -0.2) is 4.39 Å². The molecule has 2 aromatic rings. The molecule has 4 rings (SSSR count). The molecule has 0 radical (unpaired) electrons. The van der Waals surface area contributed by atoms with E-state index in [4.69, 9.17) is 11.6 Å². The van der Waals surface area contributed by atoms with Crippen LogP contribution in [0, 0.1) is 11.7 Å². The molecule has 2 aliphatic rings. The normalized spacial score (nSPS) is 20.7. The van der Waals surface area contributed by atoms with Crippen molar-refractivity contribution in [3.8, 4) is 0 Å². The standard InChI is InChI=1S/C23H27ClFN3O/c24-20-7-3-8-21(15-20)27-11-13-28(14-12-27)23(29)19-6-4-10-26(17-19)16-18-5-1-2-9-22(18)25/h1-3,5,7-9,15,19H,4,6,10-14,16-17H2. The van der Waals surface area contributed by atoms with Crippen LogP contribution in [0.2, 0.25) is 5.02 Å². The van der Waals surface area contributed by atoms with E-state index in [0.29, 0.717) is 18.7 Å². The number of likely N-dealkylation sites (tertiary alicyclic amines) is 1. The minimum Gasteiger partial charge on any atom is -0.368 e. The van der Waals surface area contributed by atoms with Crippen molar-refractivity contribution in [2.45, 2.75) is 19.4 Å². The van der Waals surface area contributed by atoms with Crippen LogP contribution in [0.1, 0.15) is 18.4 Å². The first-order valence-electron chi connectivity index (χ1n) is 10.4. The van der Waals surface area contributed by atoms with E-state index in [1.54, 1.807) is 6.07 Å². The molecule has 1 unspecified atom stereocenters. The molecule has 154 valence electrons. The summed E-state index contributed by atoms with van der Waals surface area (Å²) in [6.45, 7) is 5.29. The second-order valence-corrected chi connectivity index (χ2v) is 8.39. The third-order valence-electron chi connectivity index (χ3n) is 5.97. The van der Waals surface area contributed by atoms with Crippen molar-refractivity contribution < 1.29 is 9.18 Å². The third kappa shape index (κ3) is 4.90. The summed E-state index contributed by atoms with van der Waals surface area (Å²) in [4.78, 5) is 19.6. The zero-order valence-corrected chi connectivity index (χ0v) is 17.3. The van der Waals surface area contributed by atoms with E-state index in [0.717, 1.165) is 56.3 Å². The lowest BCUT2D eigenvalue weighted by Crippen LogP contribution is -2.52. The second-order valence-electron chi connectivity index (χ2n) is 7.96. The number of nitrogens with zero attached hydrogens (tertiary/aromatic N) is 3. The van der Waals surface area contributed by atoms with Gasteiger partial charge in [0.2, 0.25) is 5.91 Å². The molecule has 2 fully saturated rings. The van der Waals surface area contributed by atoms with Gasteiger partial charge in [-0.05, 0) is 43.7 Å². The van der Waals surface area contributed by atoms with E-state index < -0.39 is 0 Å². The Morgan fingerprint density at radius 1 is 1.03 bits per heavy atom. The molecule has 2 aromatic carbocycles. The maximum absolute atomic E-state index is 14.0. The van der Waals surface area contributed by atoms with Crippen molar-refractivity contribution in [2.24, 2.45) is 5.92 Å². The van der Waals surface area contributed by atoms with E-state index in [1.165, 1.54) is 6.07 Å². The molecule has 2 saturated heterocycles. The van der Waals surface area contributed by atoms with Gasteiger partial charge in [0.25, 0.3) is 0 Å². The molecule has 0 aromatic heterocycles. The lowest BCUT2D eigenvalue weighted by Gasteiger charge is -2.39. The van der Waals surface area contributed by atoms with Crippen LogP contribution < -0.4 is 4.90 Å². The first-order chi connectivity index (χ1) is 14.1. The van der Waals surface area contributed by atoms with Crippen LogP contribution in [0.5, 0.6) is 0 Å². The molecule has 2 aliphatic heterocycles. The Morgan fingerprint density at radius 3 is 2.59 bits per heavy atom. The highest BCUT2D eigenvalue weighted by atomic mass is 35.5. The molecule has 4 nitrogen and oxygen atoms in total. The number of hydrogen-bond donors (Lipinski definition) is 0. The molecular formula is C23H27ClFN3O. The molecule has 0 spiro atoms. The van der Waals surface area contributed by atoms with Crippen molar-refractivity contribution in [3.63, 3.8) is 0 Å². The quantitative estimate of drug-likeness (QED) is 0.754. The largest absolute Gasteiger partial charge is 0.368 e. The summed E-state index contributed by atoms with van der Waals surface area (Å²) < 4.78 is 14.0. The Kier molecular flexibility index (Phi) is 6.36. The fourth-order valence-electron chi connectivity index (χ4n) is 4.38. The van der Waals surface area contributed by atoms with Crippen LogP contribution in [-0.4, -0.2) is 55.0 Å². The Labute approximate surface area is 176 Å². The van der Waals surface area contributed by atoms with Gasteiger partial charge in [0.1, 0.15) is 5.82 Å². The lowest BCUT2D eigenvalue weighted by atomic mass is 9.95. The van der Waals surface area contributed by atoms with E-state index >= 15 is 0 Å². The topological polar surface area (TPSA) is 26.8 Å². The van der Waals surface area contributed by atoms with Crippen LogP contribution in [-0.2, 0) is 11.3 Å². The predicted octanol–water partition coefficient (Wildman–Crippen LogP) is 4.04. The summed E-state index contributed by atoms with van der Waals surface area (Å²) >= 11 is 6.11. The highest BCUT2D eigenvalue weighted by Crippen LogP contribution is 2.24. The van der Waals surface area contributed by atoms with Gasteiger partial charge in [-0.3, -0.25) is 9.69 Å². The molecule has 0 N–H and O–H groups in total. The molecule has 0 bridgehead atoms. The summed E-state index contributed by atoms with van der Waals surface area (Å²) in [7, 11) is 0. The Hall–Kier alpha value is -2.11. The number of hydrogen-bond acceptors (Lipinski definition) is 3. The number of carbonyl (C=O) groups excluding carboxylic acids is 1. The SMILES string of the molecule is O=C(C1CCCN(Cc2ccccc2F)C1)N1CCN(c2cccc(Cl)c2)CC1. The van der Waals surface area contributed by atoms with Crippen LogP contribution >= 0.6 is 11.6 Å². The number of carbonyl (C=O) groups is 1. The number of rotatable bonds is 4. The molecular weight excluding hydrogens is 389 g/mol. The summed E-state index contributed by atoms with van der Waals surface area (Å²) in [6.07, 6.45) is 1.90. The number of piperazine rings is 1. The monoisotopic (exact) mass is 415 g/mol. The average Bonchev–Trinajstić information content (AvgIpc) is 2.75. The van der Waals surface area contributed by atoms with E-state index in [1.807, 2.05) is 35.2 Å². The van der Waals surface area contributed by atoms with Crippen molar-refractivity contribution in [1.29, 1.82) is 0 Å². The van der Waals surface area contributed by atoms with Crippen LogP contribution in [0.25, 0.3) is 0 Å². The Bertz CT molecular complexity index is 854. The highest BCUT2D eigenvalue weighted by molar-refractivity contribution is 6.30. The van der Waals surface area contributed by atoms with Gasteiger partial charge < -0.3 is 9.80 Å². The summed E-state index contributed by atoms with van der Waals surface area (Å²) in [5.41, 5.74) is 1.81. The van der Waals surface area contributed by atoms with Gasteiger partial charge in [-0.1, -0.05) is 35.9 Å². The van der Waals surface area contributed by atoms with Gasteiger partial charge >= 0.3 is 0 Å². The zero-order valence-electron chi connectivity index (χ0n) is 16.6. The molecule has 0 aliphatic carbocycles. The minimum atomic E-state index is -0.168. The molecule has 1 atom stereocenters. The second kappa shape index (κ2) is 9.14. The number of benzene rings is 2. The van der Waals surface area contributed by atoms with Crippen LogP contribution in [0.3, 0.4) is 0 Å². The Balaban J connectivity index is 1.32. The molecule has 1 amide bonds. The molecule has 0 saturated carbocycles. The summed E-state index contributed by atoms with van der Waals surface area (Å²) in [6, 6.07) is 14.8. The summed E-state index contributed by atoms with van der Waals surface area (Å²) in [5, 5.41) is 0.734. The number of amides is 1. The maximum atomic E-state index is 14.0. The summed E-state index contributed by atoms with van der Waals surface area (Å²) in [5.74, 6) is 0.0836. The minimum absolute atomic E-state index is 0.00763. The van der Waals surface area contributed by atoms with E-state index in [9.17, 15) is 9.18 Å². The highest BCUT2D eigenvalue weighted by Gasteiger charge is 2.31. The van der Waals surface area contributed by atoms with E-state index in [2.05, 4.69) is 15.9 Å². The average molecular weight is 416 g/mol. The number of anilines is 1. The third-order valence-corrected chi connectivity index (χ3v) is 6.21. The van der Waals surface area contributed by atoms with E-state index in [-0.39, 0.29) is 17.6 Å². The number of halogens is 2. The van der Waals surface area contributed by atoms with Crippen LogP contribution in [0.15, 0.2) is 48.5 Å². The van der Waals surface area contributed by atoms with Crippen molar-refractivity contribution in [1.82, 2.24) is 9.80 Å². The smallest absolute Gasteiger partial charge is 0.227 e. The lowest BCUT2D eigenvalue weighted by molar-refractivity contribution is -0.137. The molecule has 29 heavy (non-hydrogen) atoms. The fraction of sp³-hybridized carbons (Fsp3) is 0.435. The zero-order chi connectivity index (χ0) is 20.2. The van der Waals surface area contributed by atoms with Gasteiger partial charge in [0, 0.05) is 55.5 Å². The number of piperidine rings is 1. The fourth-order valence-corrected chi connectivity index (χ4v) is 4.57. The van der Waals surface area contributed by atoms with Gasteiger partial charge in [0.15, 0.2) is 0 Å². The van der Waals surface area contributed by atoms with Gasteiger partial charge in [-0.15, -0.1) is 0 Å². The van der Waals surface area contributed by atoms with Crippen molar-refractivity contribution in [3.05, 3.63) is 64.9 Å². The predicted molar refractivity (Wildman–Crippen MR) is 115 cm³/mol. The van der Waals surface area contributed by atoms with Crippen molar-refractivity contribution in [2.75, 3.05) is 44.2 Å². The maximum Gasteiger partial charge on any atom is 0.227 e. The Morgan fingerprint density at radius 2 is 1.83 bits per heavy atom. The molecule has 6 heteroatoms. The first-order valence-corrected chi connectivity index (χ1v) is 10.7. The van der Waals surface area contributed by atoms with Gasteiger partial charge in [-0.2, -0.15) is 0 Å². The molecule has 2 heterocycles. The van der Waals surface area contributed by atoms with Gasteiger partial charge in [0.05, 0.1) is 5.92 Å². The van der Waals surface area contributed by atoms with Crippen molar-refractivity contribution >= 4 is 23.2 Å². The first kappa shape index (κ1) is 20.2.